The third kappa shape index (κ3) is 6.67. The van der Waals surface area contributed by atoms with E-state index in [2.05, 4.69) is 0 Å². The van der Waals surface area contributed by atoms with Gasteiger partial charge in [-0.3, -0.25) is 14.5 Å². The van der Waals surface area contributed by atoms with Crippen LogP contribution < -0.4 is 4.90 Å². The molecule has 0 spiro atoms. The van der Waals surface area contributed by atoms with Crippen LogP contribution in [-0.4, -0.2) is 47.6 Å². The lowest BCUT2D eigenvalue weighted by molar-refractivity contribution is -0.138. The van der Waals surface area contributed by atoms with Gasteiger partial charge in [0.15, 0.2) is 0 Å². The summed E-state index contributed by atoms with van der Waals surface area (Å²) in [7, 11) is 0. The zero-order valence-corrected chi connectivity index (χ0v) is 15.7. The molecule has 0 aromatic heterocycles. The van der Waals surface area contributed by atoms with Crippen molar-refractivity contribution in [2.45, 2.75) is 51.5 Å². The summed E-state index contributed by atoms with van der Waals surface area (Å²) in [5.74, 6) is -0.886. The van der Waals surface area contributed by atoms with E-state index in [0.29, 0.717) is 6.54 Å². The maximum Gasteiger partial charge on any atom is 0.317 e. The minimum absolute atomic E-state index is 0. The van der Waals surface area contributed by atoms with Gasteiger partial charge >= 0.3 is 5.97 Å². The van der Waals surface area contributed by atoms with E-state index in [4.69, 9.17) is 5.11 Å². The Hall–Kier alpha value is -1.59. The molecule has 1 aromatic carbocycles. The molecule has 1 saturated carbocycles. The molecule has 0 bridgehead atoms. The molecule has 1 N–H and O–H groups in total. The number of nitrogens with zero attached hydrogens (tertiary/aromatic N) is 2. The molecule has 0 heterocycles. The highest BCUT2D eigenvalue weighted by atomic mass is 35.5. The molecule has 0 atom stereocenters. The van der Waals surface area contributed by atoms with Crippen LogP contribution in [-0.2, 0) is 9.59 Å². The Labute approximate surface area is 156 Å². The second-order valence-electron chi connectivity index (χ2n) is 6.50. The van der Waals surface area contributed by atoms with Gasteiger partial charge in [0, 0.05) is 11.7 Å². The number of halogens is 1. The Balaban J connectivity index is 0.00000312. The number of benzene rings is 1. The van der Waals surface area contributed by atoms with E-state index in [0.717, 1.165) is 37.8 Å². The van der Waals surface area contributed by atoms with E-state index in [1.54, 1.807) is 4.90 Å². The Morgan fingerprint density at radius 2 is 1.72 bits per heavy atom. The first-order valence-corrected chi connectivity index (χ1v) is 8.93. The number of aliphatic carboxylic acids is 1. The predicted molar refractivity (Wildman–Crippen MR) is 102 cm³/mol. The number of amides is 1. The quantitative estimate of drug-likeness (QED) is 0.762. The molecular formula is C19H29ClN2O3. The molecular weight excluding hydrogens is 340 g/mol. The van der Waals surface area contributed by atoms with Gasteiger partial charge in [-0.05, 0) is 37.9 Å². The SMILES string of the molecule is CCCN(CC(=O)O)CC(=O)N(c1ccccc1)C1CCCCC1.Cl. The number of carboxylic acids is 1. The molecule has 0 aliphatic heterocycles. The van der Waals surface area contributed by atoms with E-state index in [-0.39, 0.29) is 37.4 Å². The summed E-state index contributed by atoms with van der Waals surface area (Å²) in [6.07, 6.45) is 6.40. The summed E-state index contributed by atoms with van der Waals surface area (Å²) >= 11 is 0. The van der Waals surface area contributed by atoms with Crippen LogP contribution >= 0.6 is 12.4 Å². The second-order valence-corrected chi connectivity index (χ2v) is 6.50. The van der Waals surface area contributed by atoms with Gasteiger partial charge in [0.25, 0.3) is 0 Å². The average molecular weight is 369 g/mol. The lowest BCUT2D eigenvalue weighted by atomic mass is 9.93. The third-order valence-corrected chi connectivity index (χ3v) is 4.50. The molecule has 0 unspecified atom stereocenters. The van der Waals surface area contributed by atoms with E-state index < -0.39 is 5.97 Å². The van der Waals surface area contributed by atoms with Gasteiger partial charge in [-0.25, -0.2) is 0 Å². The van der Waals surface area contributed by atoms with Crippen LogP contribution in [0.4, 0.5) is 5.69 Å². The number of carbonyl (C=O) groups is 2. The van der Waals surface area contributed by atoms with Crippen molar-refractivity contribution in [2.75, 3.05) is 24.5 Å². The molecule has 6 heteroatoms. The second kappa shape index (κ2) is 11.1. The normalized spacial score (nSPS) is 14.8. The van der Waals surface area contributed by atoms with Crippen LogP contribution in [0.5, 0.6) is 0 Å². The fourth-order valence-corrected chi connectivity index (χ4v) is 3.48. The molecule has 25 heavy (non-hydrogen) atoms. The maximum atomic E-state index is 13.0. The van der Waals surface area contributed by atoms with Gasteiger partial charge in [0.2, 0.25) is 5.91 Å². The van der Waals surface area contributed by atoms with E-state index in [9.17, 15) is 9.59 Å². The zero-order valence-electron chi connectivity index (χ0n) is 14.9. The highest BCUT2D eigenvalue weighted by molar-refractivity contribution is 5.95. The van der Waals surface area contributed by atoms with Gasteiger partial charge in [-0.15, -0.1) is 12.4 Å². The molecule has 0 saturated heterocycles. The average Bonchev–Trinajstić information content (AvgIpc) is 2.56. The van der Waals surface area contributed by atoms with Gasteiger partial charge in [0.1, 0.15) is 0 Å². The van der Waals surface area contributed by atoms with Crippen molar-refractivity contribution < 1.29 is 14.7 Å². The van der Waals surface area contributed by atoms with Crippen LogP contribution in [0.25, 0.3) is 0 Å². The van der Waals surface area contributed by atoms with Crippen LogP contribution in [0.2, 0.25) is 0 Å². The molecule has 2 rings (SSSR count). The smallest absolute Gasteiger partial charge is 0.317 e. The van der Waals surface area contributed by atoms with Crippen LogP contribution in [0.3, 0.4) is 0 Å². The zero-order chi connectivity index (χ0) is 17.4. The number of hydrogen-bond donors (Lipinski definition) is 1. The molecule has 0 radical (unpaired) electrons. The minimum Gasteiger partial charge on any atom is -0.480 e. The summed E-state index contributed by atoms with van der Waals surface area (Å²) in [5, 5.41) is 9.06. The van der Waals surface area contributed by atoms with Crippen molar-refractivity contribution >= 4 is 30.0 Å². The highest BCUT2D eigenvalue weighted by Gasteiger charge is 2.28. The van der Waals surface area contributed by atoms with Crippen molar-refractivity contribution in [1.82, 2.24) is 4.90 Å². The fourth-order valence-electron chi connectivity index (χ4n) is 3.48. The number of carbonyl (C=O) groups excluding carboxylic acids is 1. The van der Waals surface area contributed by atoms with Gasteiger partial charge in [0.05, 0.1) is 13.1 Å². The molecule has 1 aliphatic rings. The van der Waals surface area contributed by atoms with Crippen LogP contribution in [0, 0.1) is 0 Å². The predicted octanol–water partition coefficient (Wildman–Crippen LogP) is 3.57. The summed E-state index contributed by atoms with van der Waals surface area (Å²) in [6.45, 7) is 2.68. The van der Waals surface area contributed by atoms with E-state index in [1.165, 1.54) is 6.42 Å². The van der Waals surface area contributed by atoms with Crippen molar-refractivity contribution in [1.29, 1.82) is 0 Å². The Morgan fingerprint density at radius 3 is 2.28 bits per heavy atom. The molecule has 1 aromatic rings. The number of rotatable bonds is 8. The lowest BCUT2D eigenvalue weighted by Gasteiger charge is -2.35. The standard InChI is InChI=1S/C19H28N2O3.ClH/c1-2-13-20(15-19(23)24)14-18(22)21(16-9-5-3-6-10-16)17-11-7-4-8-12-17;/h3,5-6,9-10,17H,2,4,7-8,11-15H2,1H3,(H,23,24);1H. The number of carboxylic acid groups (broad SMARTS) is 1. The van der Waals surface area contributed by atoms with Gasteiger partial charge < -0.3 is 10.0 Å². The van der Waals surface area contributed by atoms with Crippen LogP contribution in [0.15, 0.2) is 30.3 Å². The molecule has 1 fully saturated rings. The summed E-state index contributed by atoms with van der Waals surface area (Å²) in [4.78, 5) is 27.7. The van der Waals surface area contributed by atoms with Crippen molar-refractivity contribution in [3.63, 3.8) is 0 Å². The first-order chi connectivity index (χ1) is 11.6. The van der Waals surface area contributed by atoms with E-state index >= 15 is 0 Å². The Morgan fingerprint density at radius 1 is 1.08 bits per heavy atom. The van der Waals surface area contributed by atoms with Gasteiger partial charge in [-0.2, -0.15) is 0 Å². The molecule has 1 aliphatic carbocycles. The van der Waals surface area contributed by atoms with Crippen molar-refractivity contribution in [2.24, 2.45) is 0 Å². The maximum absolute atomic E-state index is 13.0. The molecule has 1 amide bonds. The van der Waals surface area contributed by atoms with Crippen LogP contribution in [0.1, 0.15) is 45.4 Å². The topological polar surface area (TPSA) is 60.9 Å². The fraction of sp³-hybridized carbons (Fsp3) is 0.579. The Kier molecular flexibility index (Phi) is 9.53. The first kappa shape index (κ1) is 21.5. The third-order valence-electron chi connectivity index (χ3n) is 4.50. The summed E-state index contributed by atoms with van der Waals surface area (Å²) in [6, 6.07) is 9.99. The van der Waals surface area contributed by atoms with Gasteiger partial charge in [-0.1, -0.05) is 44.4 Å². The van der Waals surface area contributed by atoms with E-state index in [1.807, 2.05) is 42.2 Å². The first-order valence-electron chi connectivity index (χ1n) is 8.93. The minimum atomic E-state index is -0.889. The molecule has 140 valence electrons. The largest absolute Gasteiger partial charge is 0.480 e. The molecule has 5 nitrogen and oxygen atoms in total. The number of anilines is 1. The monoisotopic (exact) mass is 368 g/mol. The lowest BCUT2D eigenvalue weighted by Crippen LogP contribution is -2.47. The summed E-state index contributed by atoms with van der Waals surface area (Å²) in [5.41, 5.74) is 0.918. The summed E-state index contributed by atoms with van der Waals surface area (Å²) < 4.78 is 0. The number of para-hydroxylation sites is 1. The highest BCUT2D eigenvalue weighted by Crippen LogP contribution is 2.27. The number of hydrogen-bond acceptors (Lipinski definition) is 3. The Bertz CT molecular complexity index is 533. The van der Waals surface area contributed by atoms with Crippen molar-refractivity contribution in [3.8, 4) is 0 Å². The van der Waals surface area contributed by atoms with Crippen molar-refractivity contribution in [3.05, 3.63) is 30.3 Å².